The molecular formula is C16H16N4O. The second-order valence-corrected chi connectivity index (χ2v) is 5.02. The summed E-state index contributed by atoms with van der Waals surface area (Å²) in [5.74, 6) is 0.252. The summed E-state index contributed by atoms with van der Waals surface area (Å²) in [5.41, 5.74) is 7.99. The quantitative estimate of drug-likeness (QED) is 0.689. The first-order valence-electron chi connectivity index (χ1n) is 6.71. The fourth-order valence-corrected chi connectivity index (χ4v) is 2.24. The number of carbonyl (C=O) groups excluding carboxylic acids is 1. The van der Waals surface area contributed by atoms with Crippen LogP contribution in [0, 0.1) is 6.92 Å². The third kappa shape index (κ3) is 2.72. The van der Waals surface area contributed by atoms with E-state index in [0.717, 1.165) is 22.0 Å². The standard InChI is InChI=1S/C16H16N4O/c1-10-15(17)16(20-19-10)18-14(21)9-11-6-7-12-4-2-3-5-13(12)8-11/h2-8H,9,17H2,1H3,(H2,18,19,20,21). The number of rotatable bonds is 3. The van der Waals surface area contributed by atoms with Crippen LogP contribution in [0.5, 0.6) is 0 Å². The van der Waals surface area contributed by atoms with Gasteiger partial charge in [-0.1, -0.05) is 42.5 Å². The molecule has 0 atom stereocenters. The molecule has 2 aromatic carbocycles. The van der Waals surface area contributed by atoms with Crippen molar-refractivity contribution in [1.29, 1.82) is 0 Å². The van der Waals surface area contributed by atoms with Gasteiger partial charge < -0.3 is 11.1 Å². The molecule has 0 radical (unpaired) electrons. The Morgan fingerprint density at radius 3 is 2.71 bits per heavy atom. The molecule has 0 unspecified atom stereocenters. The molecule has 3 aromatic rings. The van der Waals surface area contributed by atoms with Crippen LogP contribution in [0.25, 0.3) is 10.8 Å². The van der Waals surface area contributed by atoms with E-state index < -0.39 is 0 Å². The van der Waals surface area contributed by atoms with E-state index in [1.54, 1.807) is 6.92 Å². The van der Waals surface area contributed by atoms with Crippen molar-refractivity contribution < 1.29 is 4.79 Å². The van der Waals surface area contributed by atoms with Crippen molar-refractivity contribution in [1.82, 2.24) is 10.2 Å². The van der Waals surface area contributed by atoms with Crippen LogP contribution in [0.1, 0.15) is 11.3 Å². The molecule has 3 rings (SSSR count). The Hall–Kier alpha value is -2.82. The van der Waals surface area contributed by atoms with Crippen LogP contribution in [0.15, 0.2) is 42.5 Å². The Morgan fingerprint density at radius 2 is 2.00 bits per heavy atom. The van der Waals surface area contributed by atoms with E-state index in [1.807, 2.05) is 42.5 Å². The van der Waals surface area contributed by atoms with Crippen LogP contribution in [0.4, 0.5) is 11.5 Å². The minimum absolute atomic E-state index is 0.136. The maximum absolute atomic E-state index is 12.1. The fourth-order valence-electron chi connectivity index (χ4n) is 2.24. The number of nitrogens with one attached hydrogen (secondary N) is 2. The van der Waals surface area contributed by atoms with Gasteiger partial charge >= 0.3 is 0 Å². The Morgan fingerprint density at radius 1 is 1.24 bits per heavy atom. The second-order valence-electron chi connectivity index (χ2n) is 5.02. The first kappa shape index (κ1) is 13.2. The monoisotopic (exact) mass is 280 g/mol. The molecule has 0 spiro atoms. The number of fused-ring (bicyclic) bond motifs is 1. The lowest BCUT2D eigenvalue weighted by Crippen LogP contribution is -2.15. The van der Waals surface area contributed by atoms with Crippen LogP contribution >= 0.6 is 0 Å². The van der Waals surface area contributed by atoms with Gasteiger partial charge in [0, 0.05) is 0 Å². The molecule has 0 saturated heterocycles. The number of aromatic nitrogens is 2. The maximum Gasteiger partial charge on any atom is 0.230 e. The summed E-state index contributed by atoms with van der Waals surface area (Å²) >= 11 is 0. The van der Waals surface area contributed by atoms with Gasteiger partial charge in [0.1, 0.15) is 0 Å². The summed E-state index contributed by atoms with van der Waals surface area (Å²) in [5, 5.41) is 11.7. The molecule has 5 heteroatoms. The Kier molecular flexibility index (Phi) is 3.31. The molecule has 0 aliphatic carbocycles. The number of nitrogens with two attached hydrogens (primary N) is 1. The smallest absolute Gasteiger partial charge is 0.230 e. The van der Waals surface area contributed by atoms with Crippen molar-refractivity contribution in [3.05, 3.63) is 53.7 Å². The predicted molar refractivity (Wildman–Crippen MR) is 84.0 cm³/mol. The van der Waals surface area contributed by atoms with Crippen LogP contribution in [-0.2, 0) is 11.2 Å². The van der Waals surface area contributed by atoms with E-state index in [2.05, 4.69) is 15.5 Å². The Balaban J connectivity index is 1.75. The summed E-state index contributed by atoms with van der Waals surface area (Å²) in [4.78, 5) is 12.1. The van der Waals surface area contributed by atoms with Gasteiger partial charge in [0.15, 0.2) is 5.82 Å². The number of aromatic amines is 1. The Bertz CT molecular complexity index is 807. The number of hydrogen-bond acceptors (Lipinski definition) is 3. The van der Waals surface area contributed by atoms with Crippen molar-refractivity contribution in [3.63, 3.8) is 0 Å². The number of carbonyl (C=O) groups is 1. The van der Waals surface area contributed by atoms with Crippen LogP contribution in [0.2, 0.25) is 0 Å². The fraction of sp³-hybridized carbons (Fsp3) is 0.125. The number of amides is 1. The van der Waals surface area contributed by atoms with Crippen molar-refractivity contribution >= 4 is 28.2 Å². The van der Waals surface area contributed by atoms with Crippen molar-refractivity contribution in [3.8, 4) is 0 Å². The molecule has 106 valence electrons. The predicted octanol–water partition coefficient (Wildman–Crippen LogP) is 2.63. The number of nitrogens with zero attached hydrogens (tertiary/aromatic N) is 1. The van der Waals surface area contributed by atoms with E-state index in [4.69, 9.17) is 5.73 Å². The molecule has 0 aliphatic rings. The highest BCUT2D eigenvalue weighted by Crippen LogP contribution is 2.19. The first-order valence-corrected chi connectivity index (χ1v) is 6.71. The lowest BCUT2D eigenvalue weighted by molar-refractivity contribution is -0.115. The summed E-state index contributed by atoms with van der Waals surface area (Å²) in [7, 11) is 0. The number of anilines is 2. The second kappa shape index (κ2) is 5.28. The van der Waals surface area contributed by atoms with Gasteiger partial charge in [0.2, 0.25) is 5.91 Å². The SMILES string of the molecule is Cc1[nH]nc(NC(=O)Cc2ccc3ccccc3c2)c1N. The number of aryl methyl sites for hydroxylation is 1. The first-order chi connectivity index (χ1) is 10.1. The van der Waals surface area contributed by atoms with Crippen LogP contribution < -0.4 is 11.1 Å². The normalized spacial score (nSPS) is 10.7. The zero-order chi connectivity index (χ0) is 14.8. The van der Waals surface area contributed by atoms with Crippen molar-refractivity contribution in [2.24, 2.45) is 0 Å². The zero-order valence-corrected chi connectivity index (χ0v) is 11.7. The van der Waals surface area contributed by atoms with Crippen molar-refractivity contribution in [2.45, 2.75) is 13.3 Å². The minimum Gasteiger partial charge on any atom is -0.394 e. The van der Waals surface area contributed by atoms with Crippen molar-refractivity contribution in [2.75, 3.05) is 11.1 Å². The summed E-state index contributed by atoms with van der Waals surface area (Å²) in [6, 6.07) is 14.1. The van der Waals surface area contributed by atoms with E-state index >= 15 is 0 Å². The van der Waals surface area contributed by atoms with Gasteiger partial charge in [-0.05, 0) is 23.3 Å². The summed E-state index contributed by atoms with van der Waals surface area (Å²) in [6.45, 7) is 1.81. The highest BCUT2D eigenvalue weighted by atomic mass is 16.1. The lowest BCUT2D eigenvalue weighted by atomic mass is 10.0. The van der Waals surface area contributed by atoms with E-state index in [1.165, 1.54) is 0 Å². The van der Waals surface area contributed by atoms with Gasteiger partial charge in [-0.15, -0.1) is 0 Å². The van der Waals surface area contributed by atoms with E-state index in [-0.39, 0.29) is 12.3 Å². The van der Waals surface area contributed by atoms with Gasteiger partial charge in [-0.2, -0.15) is 5.10 Å². The molecule has 21 heavy (non-hydrogen) atoms. The number of benzene rings is 2. The highest BCUT2D eigenvalue weighted by molar-refractivity contribution is 5.94. The minimum atomic E-state index is -0.136. The highest BCUT2D eigenvalue weighted by Gasteiger charge is 2.10. The van der Waals surface area contributed by atoms with Gasteiger partial charge in [-0.25, -0.2) is 0 Å². The number of nitrogen functional groups attached to an aromatic ring is 1. The lowest BCUT2D eigenvalue weighted by Gasteiger charge is -2.05. The molecule has 5 nitrogen and oxygen atoms in total. The molecule has 0 saturated carbocycles. The molecule has 0 fully saturated rings. The molecular weight excluding hydrogens is 264 g/mol. The topological polar surface area (TPSA) is 83.8 Å². The molecule has 0 aliphatic heterocycles. The average molecular weight is 280 g/mol. The summed E-state index contributed by atoms with van der Waals surface area (Å²) in [6.07, 6.45) is 0.288. The van der Waals surface area contributed by atoms with Gasteiger partial charge in [-0.3, -0.25) is 9.89 Å². The number of H-pyrrole nitrogens is 1. The van der Waals surface area contributed by atoms with Gasteiger partial charge in [0.05, 0.1) is 17.8 Å². The van der Waals surface area contributed by atoms with E-state index in [9.17, 15) is 4.79 Å². The van der Waals surface area contributed by atoms with Crippen LogP contribution in [0.3, 0.4) is 0 Å². The third-order valence-electron chi connectivity index (χ3n) is 3.43. The maximum atomic E-state index is 12.1. The van der Waals surface area contributed by atoms with Crippen LogP contribution in [-0.4, -0.2) is 16.1 Å². The zero-order valence-electron chi connectivity index (χ0n) is 11.7. The average Bonchev–Trinajstić information content (AvgIpc) is 2.79. The molecule has 1 amide bonds. The molecule has 1 aromatic heterocycles. The van der Waals surface area contributed by atoms with Gasteiger partial charge in [0.25, 0.3) is 0 Å². The third-order valence-corrected chi connectivity index (χ3v) is 3.43. The Labute approximate surface area is 122 Å². The molecule has 4 N–H and O–H groups in total. The molecule has 0 bridgehead atoms. The van der Waals surface area contributed by atoms with E-state index in [0.29, 0.717) is 11.5 Å². The number of hydrogen-bond donors (Lipinski definition) is 3. The summed E-state index contributed by atoms with van der Waals surface area (Å²) < 4.78 is 0. The largest absolute Gasteiger partial charge is 0.394 e. The molecule has 1 heterocycles.